The van der Waals surface area contributed by atoms with Crippen LogP contribution in [0.4, 0.5) is 10.1 Å². The molecule has 1 heterocycles. The van der Waals surface area contributed by atoms with Gasteiger partial charge in [-0.2, -0.15) is 0 Å². The summed E-state index contributed by atoms with van der Waals surface area (Å²) in [5.41, 5.74) is 6.18. The number of rotatable bonds is 3. The van der Waals surface area contributed by atoms with Crippen molar-refractivity contribution in [3.05, 3.63) is 29.6 Å². The van der Waals surface area contributed by atoms with Gasteiger partial charge in [0.2, 0.25) is 5.91 Å². The summed E-state index contributed by atoms with van der Waals surface area (Å²) in [6.45, 7) is 0.680. The second-order valence-corrected chi connectivity index (χ2v) is 4.63. The number of amides is 1. The third-order valence-corrected chi connectivity index (χ3v) is 3.10. The van der Waals surface area contributed by atoms with Crippen LogP contribution in [-0.2, 0) is 4.79 Å². The fourth-order valence-corrected chi connectivity index (χ4v) is 2.01. The van der Waals surface area contributed by atoms with Gasteiger partial charge in [-0.15, -0.1) is 0 Å². The van der Waals surface area contributed by atoms with E-state index in [4.69, 9.17) is 18.0 Å². The van der Waals surface area contributed by atoms with Crippen LogP contribution in [0, 0.1) is 5.82 Å². The van der Waals surface area contributed by atoms with E-state index >= 15 is 0 Å². The van der Waals surface area contributed by atoms with Crippen LogP contribution in [0.3, 0.4) is 0 Å². The minimum atomic E-state index is -0.460. The lowest BCUT2D eigenvalue weighted by Crippen LogP contribution is -2.44. The first-order valence-corrected chi connectivity index (χ1v) is 6.12. The smallest absolute Gasteiger partial charge is 0.242 e. The average molecular weight is 267 g/mol. The van der Waals surface area contributed by atoms with Crippen LogP contribution in [0.25, 0.3) is 0 Å². The van der Waals surface area contributed by atoms with Gasteiger partial charge in [0.15, 0.2) is 0 Å². The van der Waals surface area contributed by atoms with Gasteiger partial charge in [0.25, 0.3) is 0 Å². The van der Waals surface area contributed by atoms with Crippen LogP contribution in [0.5, 0.6) is 0 Å². The molecule has 0 radical (unpaired) electrons. The number of thiocarbonyl (C=S) groups is 1. The summed E-state index contributed by atoms with van der Waals surface area (Å²) < 4.78 is 13.8. The van der Waals surface area contributed by atoms with Crippen LogP contribution in [0.15, 0.2) is 18.2 Å². The molecule has 1 aromatic rings. The fourth-order valence-electron chi connectivity index (χ4n) is 1.88. The molecule has 1 fully saturated rings. The first kappa shape index (κ1) is 12.8. The predicted molar refractivity (Wildman–Crippen MR) is 71.9 cm³/mol. The van der Waals surface area contributed by atoms with Crippen LogP contribution in [0.2, 0.25) is 0 Å². The number of piperidine rings is 1. The van der Waals surface area contributed by atoms with Crippen LogP contribution < -0.4 is 16.4 Å². The lowest BCUT2D eigenvalue weighted by Gasteiger charge is -2.24. The van der Waals surface area contributed by atoms with Crippen molar-refractivity contribution < 1.29 is 9.18 Å². The molecule has 0 aliphatic carbocycles. The monoisotopic (exact) mass is 267 g/mol. The number of carbonyl (C=O) groups excluding carboxylic acids is 1. The molecule has 1 amide bonds. The topological polar surface area (TPSA) is 67.2 Å². The van der Waals surface area contributed by atoms with Crippen LogP contribution >= 0.6 is 12.2 Å². The Bertz CT molecular complexity index is 492. The highest BCUT2D eigenvalue weighted by Gasteiger charge is 2.22. The molecule has 1 saturated heterocycles. The molecule has 0 spiro atoms. The summed E-state index contributed by atoms with van der Waals surface area (Å²) in [5.74, 6) is -0.558. The Hall–Kier alpha value is -1.69. The van der Waals surface area contributed by atoms with Gasteiger partial charge in [-0.05, 0) is 31.0 Å². The summed E-state index contributed by atoms with van der Waals surface area (Å²) in [4.78, 5) is 11.7. The number of anilines is 1. The predicted octanol–water partition coefficient (Wildman–Crippen LogP) is 1.15. The van der Waals surface area contributed by atoms with E-state index in [0.29, 0.717) is 18.5 Å². The van der Waals surface area contributed by atoms with Crippen molar-refractivity contribution in [2.24, 2.45) is 5.73 Å². The third kappa shape index (κ3) is 2.76. The van der Waals surface area contributed by atoms with Gasteiger partial charge in [-0.25, -0.2) is 4.39 Å². The molecule has 0 bridgehead atoms. The SMILES string of the molecule is NC(=S)c1ccc(NC2CCCNC2=O)c(F)c1. The third-order valence-electron chi connectivity index (χ3n) is 2.87. The maximum Gasteiger partial charge on any atom is 0.242 e. The molecule has 4 nitrogen and oxygen atoms in total. The van der Waals surface area contributed by atoms with Gasteiger partial charge >= 0.3 is 0 Å². The molecular weight excluding hydrogens is 253 g/mol. The van der Waals surface area contributed by atoms with E-state index in [1.54, 1.807) is 12.1 Å². The van der Waals surface area contributed by atoms with E-state index in [1.165, 1.54) is 6.07 Å². The Morgan fingerprint density at radius 3 is 2.94 bits per heavy atom. The summed E-state index contributed by atoms with van der Waals surface area (Å²) >= 11 is 4.77. The van der Waals surface area contributed by atoms with E-state index < -0.39 is 5.82 Å². The van der Waals surface area contributed by atoms with Gasteiger partial charge in [0.1, 0.15) is 16.8 Å². The maximum atomic E-state index is 13.8. The number of carbonyl (C=O) groups is 1. The van der Waals surface area contributed by atoms with E-state index in [1.807, 2.05) is 0 Å². The largest absolute Gasteiger partial charge is 0.389 e. The number of nitrogens with one attached hydrogen (secondary N) is 2. The number of hydrogen-bond acceptors (Lipinski definition) is 3. The zero-order valence-corrected chi connectivity index (χ0v) is 10.5. The molecule has 1 aromatic carbocycles. The summed E-state index contributed by atoms with van der Waals surface area (Å²) in [6.07, 6.45) is 1.58. The molecule has 1 aliphatic heterocycles. The van der Waals surface area contributed by atoms with E-state index in [0.717, 1.165) is 6.42 Å². The van der Waals surface area contributed by atoms with E-state index in [9.17, 15) is 9.18 Å². The summed E-state index contributed by atoms with van der Waals surface area (Å²) in [6, 6.07) is 4.06. The van der Waals surface area contributed by atoms with Crippen LogP contribution in [-0.4, -0.2) is 23.5 Å². The summed E-state index contributed by atoms with van der Waals surface area (Å²) in [7, 11) is 0. The Kier molecular flexibility index (Phi) is 3.76. The summed E-state index contributed by atoms with van der Waals surface area (Å²) in [5, 5.41) is 5.63. The molecule has 0 saturated carbocycles. The average Bonchev–Trinajstić information content (AvgIpc) is 2.34. The molecule has 2 rings (SSSR count). The van der Waals surface area contributed by atoms with Crippen molar-refractivity contribution >= 4 is 28.8 Å². The number of halogens is 1. The zero-order valence-electron chi connectivity index (χ0n) is 9.70. The normalized spacial score (nSPS) is 19.2. The van der Waals surface area contributed by atoms with Crippen molar-refractivity contribution in [1.29, 1.82) is 0 Å². The minimum Gasteiger partial charge on any atom is -0.389 e. The van der Waals surface area contributed by atoms with Crippen LogP contribution in [0.1, 0.15) is 18.4 Å². The Balaban J connectivity index is 2.14. The van der Waals surface area contributed by atoms with Crippen molar-refractivity contribution in [3.63, 3.8) is 0 Å². The molecule has 1 atom stereocenters. The zero-order chi connectivity index (χ0) is 13.1. The van der Waals surface area contributed by atoms with Gasteiger partial charge in [0, 0.05) is 12.1 Å². The molecule has 0 aromatic heterocycles. The highest BCUT2D eigenvalue weighted by Crippen LogP contribution is 2.18. The van der Waals surface area contributed by atoms with E-state index in [-0.39, 0.29) is 22.6 Å². The highest BCUT2D eigenvalue weighted by molar-refractivity contribution is 7.80. The Labute approximate surface area is 110 Å². The van der Waals surface area contributed by atoms with Crippen molar-refractivity contribution in [3.8, 4) is 0 Å². The number of benzene rings is 1. The van der Waals surface area contributed by atoms with Crippen molar-refractivity contribution in [2.75, 3.05) is 11.9 Å². The first-order chi connectivity index (χ1) is 8.58. The second-order valence-electron chi connectivity index (χ2n) is 4.19. The lowest BCUT2D eigenvalue weighted by molar-refractivity contribution is -0.123. The van der Waals surface area contributed by atoms with E-state index in [2.05, 4.69) is 10.6 Å². The highest BCUT2D eigenvalue weighted by atomic mass is 32.1. The standard InChI is InChI=1S/C12H14FN3OS/c13-8-6-7(11(14)18)3-4-9(8)16-10-2-1-5-15-12(10)17/h3-4,6,10,16H,1-2,5H2,(H2,14,18)(H,15,17). The van der Waals surface area contributed by atoms with Crippen molar-refractivity contribution in [1.82, 2.24) is 5.32 Å². The fraction of sp³-hybridized carbons (Fsp3) is 0.333. The van der Waals surface area contributed by atoms with Gasteiger partial charge < -0.3 is 16.4 Å². The van der Waals surface area contributed by atoms with Gasteiger partial charge in [-0.1, -0.05) is 12.2 Å². The number of hydrogen-bond donors (Lipinski definition) is 3. The molecule has 4 N–H and O–H groups in total. The first-order valence-electron chi connectivity index (χ1n) is 5.71. The molecule has 6 heteroatoms. The molecule has 18 heavy (non-hydrogen) atoms. The minimum absolute atomic E-state index is 0.0981. The Morgan fingerprint density at radius 1 is 1.56 bits per heavy atom. The maximum absolute atomic E-state index is 13.8. The Morgan fingerprint density at radius 2 is 2.33 bits per heavy atom. The van der Waals surface area contributed by atoms with Crippen molar-refractivity contribution in [2.45, 2.75) is 18.9 Å². The van der Waals surface area contributed by atoms with Gasteiger partial charge in [-0.3, -0.25) is 4.79 Å². The molecular formula is C12H14FN3OS. The second kappa shape index (κ2) is 5.30. The quantitative estimate of drug-likeness (QED) is 0.719. The lowest BCUT2D eigenvalue weighted by atomic mass is 10.1. The number of nitrogens with two attached hydrogens (primary N) is 1. The molecule has 1 aliphatic rings. The molecule has 1 unspecified atom stereocenters. The molecule has 96 valence electrons. The van der Waals surface area contributed by atoms with Gasteiger partial charge in [0.05, 0.1) is 5.69 Å².